The Bertz CT molecular complexity index is 527. The summed E-state index contributed by atoms with van der Waals surface area (Å²) in [7, 11) is 0. The number of para-hydroxylation sites is 1. The number of halogens is 1. The number of benzene rings is 1. The van der Waals surface area contributed by atoms with Crippen molar-refractivity contribution in [1.82, 2.24) is 5.43 Å². The van der Waals surface area contributed by atoms with Crippen molar-refractivity contribution in [3.8, 4) is 0 Å². The standard InChI is InChI=1S/C13H17FN2OS/c1-8(2)18-7-11(16-15)12-6-9-4-3-5-10(14)13(9)17-12/h3-6,8,11,16H,7,15H2,1-2H3. The topological polar surface area (TPSA) is 51.2 Å². The van der Waals surface area contributed by atoms with E-state index in [4.69, 9.17) is 10.3 Å². The molecule has 1 heterocycles. The Hall–Kier alpha value is -1.04. The van der Waals surface area contributed by atoms with Crippen LogP contribution in [0.1, 0.15) is 25.6 Å². The van der Waals surface area contributed by atoms with E-state index in [1.165, 1.54) is 6.07 Å². The molecule has 0 radical (unpaired) electrons. The fraction of sp³-hybridized carbons (Fsp3) is 0.385. The Morgan fingerprint density at radius 1 is 1.44 bits per heavy atom. The van der Waals surface area contributed by atoms with Crippen LogP contribution in [0.15, 0.2) is 28.7 Å². The van der Waals surface area contributed by atoms with Gasteiger partial charge in [0, 0.05) is 11.1 Å². The number of thioether (sulfide) groups is 1. The van der Waals surface area contributed by atoms with Gasteiger partial charge in [-0.3, -0.25) is 5.84 Å². The van der Waals surface area contributed by atoms with Crippen LogP contribution in [0.5, 0.6) is 0 Å². The molecule has 0 fully saturated rings. The second-order valence-corrected chi connectivity index (χ2v) is 6.02. The van der Waals surface area contributed by atoms with E-state index in [0.717, 1.165) is 11.1 Å². The summed E-state index contributed by atoms with van der Waals surface area (Å²) < 4.78 is 19.1. The van der Waals surface area contributed by atoms with Crippen LogP contribution in [-0.2, 0) is 0 Å². The molecule has 2 aromatic rings. The molecule has 3 nitrogen and oxygen atoms in total. The van der Waals surface area contributed by atoms with Crippen LogP contribution in [0.2, 0.25) is 0 Å². The van der Waals surface area contributed by atoms with Crippen molar-refractivity contribution in [3.05, 3.63) is 35.8 Å². The summed E-state index contributed by atoms with van der Waals surface area (Å²) in [6.07, 6.45) is 0. The van der Waals surface area contributed by atoms with Crippen molar-refractivity contribution in [1.29, 1.82) is 0 Å². The van der Waals surface area contributed by atoms with E-state index in [1.54, 1.807) is 17.8 Å². The Morgan fingerprint density at radius 2 is 2.22 bits per heavy atom. The van der Waals surface area contributed by atoms with Gasteiger partial charge in [0.2, 0.25) is 0 Å². The third-order valence-electron chi connectivity index (χ3n) is 2.66. The van der Waals surface area contributed by atoms with E-state index in [0.29, 0.717) is 16.6 Å². The Balaban J connectivity index is 2.25. The van der Waals surface area contributed by atoms with Crippen LogP contribution in [-0.4, -0.2) is 11.0 Å². The highest BCUT2D eigenvalue weighted by Crippen LogP contribution is 2.28. The van der Waals surface area contributed by atoms with Gasteiger partial charge < -0.3 is 4.42 Å². The lowest BCUT2D eigenvalue weighted by Crippen LogP contribution is -2.29. The van der Waals surface area contributed by atoms with Gasteiger partial charge in [-0.05, 0) is 17.4 Å². The molecule has 0 amide bonds. The van der Waals surface area contributed by atoms with E-state index in [-0.39, 0.29) is 11.9 Å². The number of hydrazine groups is 1. The number of rotatable bonds is 5. The predicted octanol–water partition coefficient (Wildman–Crippen LogP) is 3.22. The van der Waals surface area contributed by atoms with Gasteiger partial charge in [0.05, 0.1) is 6.04 Å². The average molecular weight is 268 g/mol. The highest BCUT2D eigenvalue weighted by Gasteiger charge is 2.17. The molecule has 0 saturated carbocycles. The van der Waals surface area contributed by atoms with Crippen LogP contribution < -0.4 is 11.3 Å². The first-order valence-corrected chi connectivity index (χ1v) is 6.92. The first-order valence-electron chi connectivity index (χ1n) is 5.87. The molecule has 98 valence electrons. The van der Waals surface area contributed by atoms with Crippen molar-refractivity contribution in [2.45, 2.75) is 25.1 Å². The van der Waals surface area contributed by atoms with Crippen LogP contribution in [0, 0.1) is 5.82 Å². The molecule has 0 spiro atoms. The number of nitrogens with one attached hydrogen (secondary N) is 1. The second kappa shape index (κ2) is 5.73. The smallest absolute Gasteiger partial charge is 0.169 e. The maximum atomic E-state index is 13.5. The predicted molar refractivity (Wildman–Crippen MR) is 73.8 cm³/mol. The summed E-state index contributed by atoms with van der Waals surface area (Å²) in [5.74, 6) is 6.65. The van der Waals surface area contributed by atoms with E-state index in [2.05, 4.69) is 19.3 Å². The van der Waals surface area contributed by atoms with Gasteiger partial charge in [-0.2, -0.15) is 11.8 Å². The minimum Gasteiger partial charge on any atom is -0.456 e. The summed E-state index contributed by atoms with van der Waals surface area (Å²) >= 11 is 1.78. The molecule has 18 heavy (non-hydrogen) atoms. The lowest BCUT2D eigenvalue weighted by molar-refractivity contribution is 0.453. The first kappa shape index (κ1) is 13.4. The van der Waals surface area contributed by atoms with Gasteiger partial charge in [-0.1, -0.05) is 26.0 Å². The maximum Gasteiger partial charge on any atom is 0.169 e. The highest BCUT2D eigenvalue weighted by molar-refractivity contribution is 7.99. The van der Waals surface area contributed by atoms with Crippen molar-refractivity contribution >= 4 is 22.7 Å². The van der Waals surface area contributed by atoms with Gasteiger partial charge in [0.15, 0.2) is 11.4 Å². The number of fused-ring (bicyclic) bond motifs is 1. The Kier molecular flexibility index (Phi) is 4.27. The van der Waals surface area contributed by atoms with Crippen LogP contribution >= 0.6 is 11.8 Å². The first-order chi connectivity index (χ1) is 8.61. The number of furan rings is 1. The maximum absolute atomic E-state index is 13.5. The van der Waals surface area contributed by atoms with Crippen molar-refractivity contribution in [2.75, 3.05) is 5.75 Å². The molecule has 3 N–H and O–H groups in total. The normalized spacial score (nSPS) is 13.4. The van der Waals surface area contributed by atoms with E-state index < -0.39 is 0 Å². The molecule has 0 saturated heterocycles. The van der Waals surface area contributed by atoms with Gasteiger partial charge in [0.25, 0.3) is 0 Å². The van der Waals surface area contributed by atoms with Crippen LogP contribution in [0.3, 0.4) is 0 Å². The molecular weight excluding hydrogens is 251 g/mol. The van der Waals surface area contributed by atoms with E-state index in [9.17, 15) is 4.39 Å². The summed E-state index contributed by atoms with van der Waals surface area (Å²) in [5.41, 5.74) is 3.01. The SMILES string of the molecule is CC(C)SCC(NN)c1cc2cccc(F)c2o1. The van der Waals surface area contributed by atoms with Crippen molar-refractivity contribution in [3.63, 3.8) is 0 Å². The van der Waals surface area contributed by atoms with E-state index in [1.807, 2.05) is 12.1 Å². The molecule has 0 aliphatic heterocycles. The number of hydrogen-bond donors (Lipinski definition) is 2. The minimum absolute atomic E-state index is 0.107. The second-order valence-electron chi connectivity index (χ2n) is 4.41. The average Bonchev–Trinajstić information content (AvgIpc) is 2.75. The number of nitrogens with two attached hydrogens (primary N) is 1. The molecule has 5 heteroatoms. The minimum atomic E-state index is -0.342. The zero-order valence-corrected chi connectivity index (χ0v) is 11.3. The zero-order chi connectivity index (χ0) is 13.1. The molecule has 0 aliphatic rings. The molecule has 1 atom stereocenters. The monoisotopic (exact) mass is 268 g/mol. The molecule has 1 aromatic carbocycles. The molecule has 1 aromatic heterocycles. The summed E-state index contributed by atoms with van der Waals surface area (Å²) in [6.45, 7) is 4.24. The summed E-state index contributed by atoms with van der Waals surface area (Å²) in [4.78, 5) is 0. The summed E-state index contributed by atoms with van der Waals surface area (Å²) in [5, 5.41) is 1.28. The largest absolute Gasteiger partial charge is 0.456 e. The zero-order valence-electron chi connectivity index (χ0n) is 10.4. The van der Waals surface area contributed by atoms with Crippen molar-refractivity contribution in [2.24, 2.45) is 5.84 Å². The van der Waals surface area contributed by atoms with E-state index >= 15 is 0 Å². The molecule has 2 rings (SSSR count). The molecule has 1 unspecified atom stereocenters. The third-order valence-corrected chi connectivity index (χ3v) is 3.85. The lowest BCUT2D eigenvalue weighted by Gasteiger charge is -2.14. The quantitative estimate of drug-likeness (QED) is 0.646. The molecule has 0 bridgehead atoms. The van der Waals surface area contributed by atoms with Gasteiger partial charge >= 0.3 is 0 Å². The summed E-state index contributed by atoms with van der Waals surface area (Å²) in [6, 6.07) is 6.62. The van der Waals surface area contributed by atoms with Gasteiger partial charge in [-0.15, -0.1) is 0 Å². The fourth-order valence-corrected chi connectivity index (χ4v) is 2.56. The fourth-order valence-electron chi connectivity index (χ4n) is 1.72. The Labute approximate surface area is 110 Å². The van der Waals surface area contributed by atoms with Gasteiger partial charge in [0.1, 0.15) is 5.76 Å². The highest BCUT2D eigenvalue weighted by atomic mass is 32.2. The lowest BCUT2D eigenvalue weighted by atomic mass is 10.2. The van der Waals surface area contributed by atoms with Gasteiger partial charge in [-0.25, -0.2) is 9.82 Å². The molecular formula is C13H17FN2OS. The third kappa shape index (κ3) is 2.85. The van der Waals surface area contributed by atoms with Crippen molar-refractivity contribution < 1.29 is 8.81 Å². The molecule has 0 aliphatic carbocycles. The Morgan fingerprint density at radius 3 is 2.83 bits per heavy atom. The number of hydrogen-bond acceptors (Lipinski definition) is 4. The van der Waals surface area contributed by atoms with Crippen LogP contribution in [0.25, 0.3) is 11.0 Å². The van der Waals surface area contributed by atoms with Crippen LogP contribution in [0.4, 0.5) is 4.39 Å².